The van der Waals surface area contributed by atoms with Crippen molar-refractivity contribution in [2.24, 2.45) is 21.8 Å². The Morgan fingerprint density at radius 2 is 0.804 bits per heavy atom. The lowest BCUT2D eigenvalue weighted by atomic mass is 9.90. The zero-order valence-corrected chi connectivity index (χ0v) is 31.8. The van der Waals surface area contributed by atoms with E-state index in [1.165, 1.54) is 11.1 Å². The smallest absolute Gasteiger partial charge is 0.278 e. The molecule has 2 fully saturated rings. The van der Waals surface area contributed by atoms with Crippen LogP contribution in [0.2, 0.25) is 0 Å². The van der Waals surface area contributed by atoms with E-state index < -0.39 is 0 Å². The molecule has 282 valence electrons. The van der Waals surface area contributed by atoms with Gasteiger partial charge in [0, 0.05) is 37.3 Å². The molecule has 9 rings (SSSR count). The zero-order chi connectivity index (χ0) is 37.8. The van der Waals surface area contributed by atoms with Crippen LogP contribution >= 0.6 is 0 Å². The maximum Gasteiger partial charge on any atom is 0.278 e. The van der Waals surface area contributed by atoms with Gasteiger partial charge < -0.3 is 0 Å². The zero-order valence-electron chi connectivity index (χ0n) is 31.8. The number of fused-ring (bicyclic) bond motifs is 2. The van der Waals surface area contributed by atoms with Gasteiger partial charge >= 0.3 is 0 Å². The number of aliphatic imine (C=N–C) groups is 2. The summed E-state index contributed by atoms with van der Waals surface area (Å²) in [5.74, 6) is 1.19. The predicted molar refractivity (Wildman–Crippen MR) is 225 cm³/mol. The summed E-state index contributed by atoms with van der Waals surface area (Å²) in [4.78, 5) is 46.3. The molecule has 4 aliphatic rings. The van der Waals surface area contributed by atoms with Crippen LogP contribution in [0.4, 0.5) is 22.7 Å². The Balaban J connectivity index is 0.854. The van der Waals surface area contributed by atoms with Gasteiger partial charge in [0.25, 0.3) is 11.8 Å². The number of rotatable bonds is 10. The van der Waals surface area contributed by atoms with Crippen molar-refractivity contribution in [3.8, 4) is 0 Å². The van der Waals surface area contributed by atoms with E-state index in [4.69, 9.17) is 9.98 Å². The van der Waals surface area contributed by atoms with Crippen molar-refractivity contribution in [2.45, 2.75) is 38.5 Å². The Hall–Kier alpha value is -5.70. The van der Waals surface area contributed by atoms with Crippen molar-refractivity contribution in [2.75, 3.05) is 49.3 Å². The molecule has 0 aromatic heterocycles. The second kappa shape index (κ2) is 16.2. The third-order valence-electron chi connectivity index (χ3n) is 12.0. The molecule has 5 aromatic carbocycles. The number of benzene rings is 5. The Morgan fingerprint density at radius 1 is 0.446 bits per heavy atom. The standard InChI is InChI=1S/C48H48N6O2/c55-47-45(41-15-7-9-17-43(41)53(47)33-51-27-23-37(24-28-51)31-35-11-3-1-4-12-35)49-39-19-21-40(22-20-39)50-46-42-16-8-10-18-44(42)54(48(46)56)34-52-29-25-38(26-30-52)32-36-13-5-2-6-14-36/h1-22,37-38H,23-34H2. The quantitative estimate of drug-likeness (QED) is 0.144. The van der Waals surface area contributed by atoms with E-state index in [1.54, 1.807) is 0 Å². The summed E-state index contributed by atoms with van der Waals surface area (Å²) in [6, 6.07) is 44.9. The number of carbonyl (C=O) groups excluding carboxylic acids is 2. The second-order valence-electron chi connectivity index (χ2n) is 15.7. The summed E-state index contributed by atoms with van der Waals surface area (Å²) in [5.41, 5.74) is 8.58. The van der Waals surface area contributed by atoms with E-state index in [-0.39, 0.29) is 11.8 Å². The topological polar surface area (TPSA) is 71.8 Å². The minimum atomic E-state index is -0.0735. The summed E-state index contributed by atoms with van der Waals surface area (Å²) in [5, 5.41) is 0. The van der Waals surface area contributed by atoms with Crippen molar-refractivity contribution in [1.29, 1.82) is 0 Å². The van der Waals surface area contributed by atoms with Crippen LogP contribution in [0.15, 0.2) is 143 Å². The average molecular weight is 741 g/mol. The Bertz CT molecular complexity index is 2080. The molecule has 56 heavy (non-hydrogen) atoms. The highest BCUT2D eigenvalue weighted by Gasteiger charge is 2.37. The minimum absolute atomic E-state index is 0.0735. The maximum absolute atomic E-state index is 14.0. The van der Waals surface area contributed by atoms with Gasteiger partial charge in [-0.15, -0.1) is 0 Å². The predicted octanol–water partition coefficient (Wildman–Crippen LogP) is 8.45. The van der Waals surface area contributed by atoms with Crippen molar-refractivity contribution in [1.82, 2.24) is 9.80 Å². The van der Waals surface area contributed by atoms with Gasteiger partial charge in [-0.3, -0.25) is 29.2 Å². The molecule has 5 aromatic rings. The third kappa shape index (κ3) is 7.72. The van der Waals surface area contributed by atoms with Crippen LogP contribution in [0.25, 0.3) is 0 Å². The van der Waals surface area contributed by atoms with E-state index in [0.29, 0.717) is 48.0 Å². The molecule has 8 heteroatoms. The molecule has 2 saturated heterocycles. The largest absolute Gasteiger partial charge is 0.293 e. The molecule has 0 radical (unpaired) electrons. The molecule has 0 N–H and O–H groups in total. The number of hydrogen-bond acceptors (Lipinski definition) is 6. The van der Waals surface area contributed by atoms with Crippen molar-refractivity contribution >= 4 is 46.0 Å². The van der Waals surface area contributed by atoms with Gasteiger partial charge in [0.2, 0.25) is 0 Å². The fourth-order valence-electron chi connectivity index (χ4n) is 8.84. The average Bonchev–Trinajstić information content (AvgIpc) is 3.65. The van der Waals surface area contributed by atoms with E-state index >= 15 is 0 Å². The summed E-state index contributed by atoms with van der Waals surface area (Å²) in [6.45, 7) is 5.00. The molecular formula is C48H48N6O2. The normalized spacial score (nSPS) is 19.6. The van der Waals surface area contributed by atoms with E-state index in [9.17, 15) is 9.59 Å². The van der Waals surface area contributed by atoms with Crippen LogP contribution in [0, 0.1) is 11.8 Å². The van der Waals surface area contributed by atoms with Gasteiger partial charge in [0.1, 0.15) is 11.4 Å². The maximum atomic E-state index is 14.0. The lowest BCUT2D eigenvalue weighted by molar-refractivity contribution is -0.113. The van der Waals surface area contributed by atoms with Gasteiger partial charge in [0.15, 0.2) is 0 Å². The molecule has 0 unspecified atom stereocenters. The SMILES string of the molecule is O=C1C(=Nc2ccc(N=C3C(=O)N(CN4CCC(Cc5ccccc5)CC4)c4ccccc43)cc2)c2ccccc2N1CN1CCC(Cc2ccccc2)CC1. The van der Waals surface area contributed by atoms with Gasteiger partial charge in [-0.1, -0.05) is 97.1 Å². The summed E-state index contributed by atoms with van der Waals surface area (Å²) in [7, 11) is 0. The highest BCUT2D eigenvalue weighted by Crippen LogP contribution is 2.35. The molecule has 8 nitrogen and oxygen atoms in total. The van der Waals surface area contributed by atoms with E-state index in [2.05, 4.69) is 70.5 Å². The summed E-state index contributed by atoms with van der Waals surface area (Å²) < 4.78 is 0. The minimum Gasteiger partial charge on any atom is -0.293 e. The van der Waals surface area contributed by atoms with Gasteiger partial charge in [-0.2, -0.15) is 0 Å². The fraction of sp³-hybridized carbons (Fsp3) is 0.292. The van der Waals surface area contributed by atoms with Gasteiger partial charge in [-0.25, -0.2) is 9.98 Å². The number of hydrogen-bond donors (Lipinski definition) is 0. The molecule has 0 saturated carbocycles. The molecule has 0 aliphatic carbocycles. The van der Waals surface area contributed by atoms with E-state index in [1.807, 2.05) is 82.6 Å². The number of piperidine rings is 2. The Kier molecular flexibility index (Phi) is 10.4. The fourth-order valence-corrected chi connectivity index (χ4v) is 8.84. The molecule has 2 amide bonds. The number of amides is 2. The first-order chi connectivity index (χ1) is 27.6. The Labute approximate surface area is 329 Å². The lowest BCUT2D eigenvalue weighted by Gasteiger charge is -2.34. The number of nitrogens with zero attached hydrogens (tertiary/aromatic N) is 6. The first-order valence-corrected chi connectivity index (χ1v) is 20.2. The highest BCUT2D eigenvalue weighted by molar-refractivity contribution is 6.55. The molecular weight excluding hydrogens is 693 g/mol. The molecule has 4 heterocycles. The van der Waals surface area contributed by atoms with Crippen molar-refractivity contribution < 1.29 is 9.59 Å². The monoisotopic (exact) mass is 740 g/mol. The van der Waals surface area contributed by atoms with Crippen LogP contribution in [-0.4, -0.2) is 72.6 Å². The van der Waals surface area contributed by atoms with Crippen LogP contribution in [0.1, 0.15) is 47.9 Å². The lowest BCUT2D eigenvalue weighted by Crippen LogP contribution is -2.44. The van der Waals surface area contributed by atoms with Crippen molar-refractivity contribution in [3.63, 3.8) is 0 Å². The second-order valence-corrected chi connectivity index (χ2v) is 15.7. The first-order valence-electron chi connectivity index (χ1n) is 20.2. The van der Waals surface area contributed by atoms with Crippen LogP contribution < -0.4 is 9.80 Å². The third-order valence-corrected chi connectivity index (χ3v) is 12.0. The first kappa shape index (κ1) is 36.0. The number of likely N-dealkylation sites (tertiary alicyclic amines) is 2. The van der Waals surface area contributed by atoms with Crippen LogP contribution in [0.5, 0.6) is 0 Å². The van der Waals surface area contributed by atoms with Crippen molar-refractivity contribution in [3.05, 3.63) is 156 Å². The van der Waals surface area contributed by atoms with E-state index in [0.717, 1.165) is 87.2 Å². The molecule has 0 atom stereocenters. The van der Waals surface area contributed by atoms with Crippen LogP contribution in [-0.2, 0) is 22.4 Å². The number of anilines is 2. The van der Waals surface area contributed by atoms with Crippen LogP contribution in [0.3, 0.4) is 0 Å². The Morgan fingerprint density at radius 3 is 1.20 bits per heavy atom. The number of carbonyl (C=O) groups is 2. The molecule has 0 bridgehead atoms. The molecule has 0 spiro atoms. The van der Waals surface area contributed by atoms with Gasteiger partial charge in [-0.05, 0) is 97.9 Å². The summed E-state index contributed by atoms with van der Waals surface area (Å²) in [6.07, 6.45) is 6.72. The number of para-hydroxylation sites is 2. The molecule has 4 aliphatic heterocycles. The summed E-state index contributed by atoms with van der Waals surface area (Å²) >= 11 is 0. The highest BCUT2D eigenvalue weighted by atomic mass is 16.2. The van der Waals surface area contributed by atoms with Gasteiger partial charge in [0.05, 0.1) is 36.1 Å².